The van der Waals surface area contributed by atoms with Crippen LogP contribution in [0.15, 0.2) is 48.5 Å². The van der Waals surface area contributed by atoms with E-state index in [1.54, 1.807) is 46.2 Å². The lowest BCUT2D eigenvalue weighted by Crippen LogP contribution is -2.54. The quantitative estimate of drug-likeness (QED) is 0.172. The summed E-state index contributed by atoms with van der Waals surface area (Å²) >= 11 is 6.65. The highest BCUT2D eigenvalue weighted by Crippen LogP contribution is 2.40. The van der Waals surface area contributed by atoms with E-state index >= 15 is 4.39 Å². The molecule has 0 saturated carbocycles. The van der Waals surface area contributed by atoms with Crippen LogP contribution in [-0.4, -0.2) is 105 Å². The Morgan fingerprint density at radius 1 is 0.950 bits per heavy atom. The Morgan fingerprint density at radius 3 is 2.30 bits per heavy atom. The summed E-state index contributed by atoms with van der Waals surface area (Å²) in [6.07, 6.45) is -5.37. The molecule has 4 aromatic rings. The van der Waals surface area contributed by atoms with Crippen molar-refractivity contribution in [2.45, 2.75) is 63.4 Å². The van der Waals surface area contributed by atoms with E-state index in [0.29, 0.717) is 33.0 Å². The molecule has 0 radical (unpaired) electrons. The lowest BCUT2D eigenvalue weighted by atomic mass is 9.92. The van der Waals surface area contributed by atoms with Crippen LogP contribution < -0.4 is 20.3 Å². The average Bonchev–Trinajstić information content (AvgIpc) is 3.93. The number of rotatable bonds is 8. The van der Waals surface area contributed by atoms with Crippen LogP contribution in [0, 0.1) is 5.82 Å². The van der Waals surface area contributed by atoms with Gasteiger partial charge in [-0.05, 0) is 67.8 Å². The Labute approximate surface area is 343 Å². The summed E-state index contributed by atoms with van der Waals surface area (Å²) in [7, 11) is 0. The van der Waals surface area contributed by atoms with Gasteiger partial charge in [0.2, 0.25) is 11.8 Å². The molecule has 1 unspecified atom stereocenters. The van der Waals surface area contributed by atoms with Gasteiger partial charge in [-0.1, -0.05) is 23.7 Å². The number of aromatic amines is 1. The number of hydrogen-bond acceptors (Lipinski definition) is 10. The molecule has 5 heterocycles. The van der Waals surface area contributed by atoms with Gasteiger partial charge in [0.05, 0.1) is 23.4 Å². The summed E-state index contributed by atoms with van der Waals surface area (Å²) in [4.78, 5) is 84.8. The molecule has 0 aliphatic carbocycles. The van der Waals surface area contributed by atoms with Crippen LogP contribution >= 0.6 is 11.6 Å². The standard InChI is InChI=1S/C40H35ClF4N8O7/c1-39(2,40(43,44)45)38-47-31(49-50-38)18-46-34(56)30-14-21-13-25(41)22(17-29(21)60-30)19-3-5-20(6-4-19)35(57)52-11-9-51(10-12-52)28-16-24-23(15-26(28)42)36(58)53(37(24)59)27-7-8-32(54)48-33(27)55/h3-6,13,15-17,27,30H,7-12,14,18H2,1-2H3,(H,46,56)(H,47,49,50)(H,48,54,55)/t27?,30-/m1/s1. The fourth-order valence-electron chi connectivity index (χ4n) is 7.54. The molecule has 8 rings (SSSR count). The zero-order valence-corrected chi connectivity index (χ0v) is 32.7. The van der Waals surface area contributed by atoms with Gasteiger partial charge in [-0.3, -0.25) is 44.1 Å². The van der Waals surface area contributed by atoms with E-state index in [9.17, 15) is 41.9 Å². The molecular weight excluding hydrogens is 816 g/mol. The van der Waals surface area contributed by atoms with Crippen molar-refractivity contribution in [3.05, 3.63) is 93.3 Å². The van der Waals surface area contributed by atoms with E-state index < -0.39 is 64.9 Å². The SMILES string of the molecule is CC(C)(c1n[nH]c(CNC(=O)[C@H]2Cc3cc(Cl)c(-c4ccc(C(=O)N5CCN(c6cc7c(cc6F)C(=O)N(C6CCC(=O)NC6=O)C7=O)CC5)cc4)cc3O2)n1)C(F)(F)F. The van der Waals surface area contributed by atoms with Crippen molar-refractivity contribution in [3.8, 4) is 16.9 Å². The number of hydrogen-bond donors (Lipinski definition) is 3. The second-order valence-electron chi connectivity index (χ2n) is 15.3. The third kappa shape index (κ3) is 7.19. The number of nitrogens with zero attached hydrogens (tertiary/aromatic N) is 5. The smallest absolute Gasteiger partial charge is 0.401 e. The van der Waals surface area contributed by atoms with E-state index in [1.165, 1.54) is 6.07 Å². The molecule has 2 fully saturated rings. The topological polar surface area (TPSA) is 187 Å². The molecule has 0 spiro atoms. The highest BCUT2D eigenvalue weighted by Gasteiger charge is 2.51. The first-order valence-electron chi connectivity index (χ1n) is 18.9. The highest BCUT2D eigenvalue weighted by atomic mass is 35.5. The molecule has 15 nitrogen and oxygen atoms in total. The summed E-state index contributed by atoms with van der Waals surface area (Å²) in [5.41, 5.74) is -0.101. The molecule has 2 saturated heterocycles. The normalized spacial score (nSPS) is 19.3. The molecule has 3 aromatic carbocycles. The Balaban J connectivity index is 0.869. The fraction of sp³-hybridized carbons (Fsp3) is 0.350. The predicted octanol–water partition coefficient (Wildman–Crippen LogP) is 4.09. The van der Waals surface area contributed by atoms with E-state index in [0.717, 1.165) is 24.8 Å². The van der Waals surface area contributed by atoms with E-state index in [-0.39, 0.29) is 80.5 Å². The molecule has 2 atom stereocenters. The van der Waals surface area contributed by atoms with Crippen molar-refractivity contribution in [1.82, 2.24) is 35.6 Å². The Morgan fingerprint density at radius 2 is 1.63 bits per heavy atom. The van der Waals surface area contributed by atoms with Crippen LogP contribution in [-0.2, 0) is 32.8 Å². The second kappa shape index (κ2) is 15.0. The van der Waals surface area contributed by atoms with E-state index in [1.807, 2.05) is 0 Å². The summed E-state index contributed by atoms with van der Waals surface area (Å²) in [6.45, 7) is 2.63. The van der Waals surface area contributed by atoms with Crippen molar-refractivity contribution in [3.63, 3.8) is 0 Å². The predicted molar refractivity (Wildman–Crippen MR) is 204 cm³/mol. The molecule has 3 N–H and O–H groups in total. The Bertz CT molecular complexity index is 2480. The number of ether oxygens (including phenoxy) is 1. The number of nitrogens with one attached hydrogen (secondary N) is 3. The minimum Gasteiger partial charge on any atom is -0.480 e. The molecule has 20 heteroatoms. The maximum absolute atomic E-state index is 15.4. The molecule has 312 valence electrons. The van der Waals surface area contributed by atoms with Crippen molar-refractivity contribution in [2.75, 3.05) is 31.1 Å². The lowest BCUT2D eigenvalue weighted by Gasteiger charge is -2.36. The first kappa shape index (κ1) is 40.4. The van der Waals surface area contributed by atoms with Crippen LogP contribution in [0.4, 0.5) is 23.2 Å². The van der Waals surface area contributed by atoms with Crippen LogP contribution in [0.3, 0.4) is 0 Å². The molecule has 4 aliphatic rings. The molecular formula is C40H35ClF4N8O7. The largest absolute Gasteiger partial charge is 0.480 e. The van der Waals surface area contributed by atoms with Gasteiger partial charge in [-0.15, -0.1) is 0 Å². The summed E-state index contributed by atoms with van der Waals surface area (Å²) < 4.78 is 61.5. The number of H-pyrrole nitrogens is 1. The van der Waals surface area contributed by atoms with Gasteiger partial charge in [0.15, 0.2) is 11.9 Å². The van der Waals surface area contributed by atoms with Gasteiger partial charge < -0.3 is 19.9 Å². The minimum absolute atomic E-state index is 0.0259. The molecule has 60 heavy (non-hydrogen) atoms. The number of imide groups is 2. The highest BCUT2D eigenvalue weighted by molar-refractivity contribution is 6.33. The monoisotopic (exact) mass is 850 g/mol. The van der Waals surface area contributed by atoms with Crippen molar-refractivity contribution in [2.24, 2.45) is 0 Å². The fourth-order valence-corrected chi connectivity index (χ4v) is 7.83. The summed E-state index contributed by atoms with van der Waals surface area (Å²) in [6, 6.07) is 11.2. The first-order valence-corrected chi connectivity index (χ1v) is 19.2. The van der Waals surface area contributed by atoms with Crippen LogP contribution in [0.1, 0.15) is 75.0 Å². The number of fused-ring (bicyclic) bond motifs is 2. The van der Waals surface area contributed by atoms with Gasteiger partial charge in [0.25, 0.3) is 23.6 Å². The number of carbonyl (C=O) groups excluding carboxylic acids is 6. The zero-order chi connectivity index (χ0) is 42.8. The minimum atomic E-state index is -4.57. The number of aromatic nitrogens is 3. The van der Waals surface area contributed by atoms with Gasteiger partial charge in [-0.2, -0.15) is 18.3 Å². The number of piperidine rings is 1. The van der Waals surface area contributed by atoms with Crippen molar-refractivity contribution < 1.29 is 51.1 Å². The van der Waals surface area contributed by atoms with Gasteiger partial charge in [-0.25, -0.2) is 9.37 Å². The number of benzene rings is 3. The first-order chi connectivity index (χ1) is 28.4. The third-order valence-electron chi connectivity index (χ3n) is 11.2. The maximum atomic E-state index is 15.4. The number of alkyl halides is 3. The average molecular weight is 851 g/mol. The molecule has 1 aromatic heterocycles. The number of halogens is 5. The number of amides is 6. The summed E-state index contributed by atoms with van der Waals surface area (Å²) in [5.74, 6) is -4.32. The molecule has 6 amide bonds. The molecule has 0 bridgehead atoms. The van der Waals surface area contributed by atoms with Crippen molar-refractivity contribution in [1.29, 1.82) is 0 Å². The Kier molecular flexibility index (Phi) is 10.1. The van der Waals surface area contributed by atoms with E-state index in [4.69, 9.17) is 16.3 Å². The van der Waals surface area contributed by atoms with Crippen molar-refractivity contribution >= 4 is 52.7 Å². The van der Waals surface area contributed by atoms with E-state index in [2.05, 4.69) is 25.8 Å². The van der Waals surface area contributed by atoms with Crippen LogP contribution in [0.2, 0.25) is 5.02 Å². The number of carbonyl (C=O) groups is 6. The third-order valence-corrected chi connectivity index (χ3v) is 11.5. The second-order valence-corrected chi connectivity index (χ2v) is 15.8. The van der Waals surface area contributed by atoms with Crippen LogP contribution in [0.5, 0.6) is 5.75 Å². The van der Waals surface area contributed by atoms with Crippen LogP contribution in [0.25, 0.3) is 11.1 Å². The van der Waals surface area contributed by atoms with Gasteiger partial charge in [0, 0.05) is 55.2 Å². The number of piperazine rings is 1. The number of anilines is 1. The van der Waals surface area contributed by atoms with Gasteiger partial charge in [0.1, 0.15) is 28.8 Å². The zero-order valence-electron chi connectivity index (χ0n) is 31.9. The molecule has 4 aliphatic heterocycles. The maximum Gasteiger partial charge on any atom is 0.401 e. The Hall–Kier alpha value is -6.37. The van der Waals surface area contributed by atoms with Gasteiger partial charge >= 0.3 is 6.18 Å². The lowest BCUT2D eigenvalue weighted by molar-refractivity contribution is -0.182. The summed E-state index contributed by atoms with van der Waals surface area (Å²) in [5, 5.41) is 11.2.